The molecule has 2 atom stereocenters. The minimum atomic E-state index is -0.901. The highest BCUT2D eigenvalue weighted by molar-refractivity contribution is 6.17. The van der Waals surface area contributed by atoms with Gasteiger partial charge in [-0.05, 0) is 19.4 Å². The highest BCUT2D eigenvalue weighted by Crippen LogP contribution is 2.18. The number of alkyl halides is 1. The number of nitrogens with zero attached hydrogens (tertiary/aromatic N) is 1. The van der Waals surface area contributed by atoms with Crippen LogP contribution in [0.3, 0.4) is 0 Å². The summed E-state index contributed by atoms with van der Waals surface area (Å²) in [7, 11) is 0. The van der Waals surface area contributed by atoms with Crippen LogP contribution in [0.4, 0.5) is 0 Å². The Morgan fingerprint density at radius 1 is 1.43 bits per heavy atom. The van der Waals surface area contributed by atoms with Crippen molar-refractivity contribution in [1.29, 1.82) is 0 Å². The molecule has 2 N–H and O–H groups in total. The Labute approximate surface area is 88.4 Å². The molecule has 0 aliphatic carbocycles. The second-order valence-corrected chi connectivity index (χ2v) is 3.60. The summed E-state index contributed by atoms with van der Waals surface area (Å²) in [6.45, 7) is 1.87. The molecule has 14 heavy (non-hydrogen) atoms. The number of aryl methyl sites for hydroxylation is 1. The highest BCUT2D eigenvalue weighted by atomic mass is 35.5. The maximum Gasteiger partial charge on any atom is 0.106 e. The van der Waals surface area contributed by atoms with Crippen LogP contribution in [0.25, 0.3) is 0 Å². The van der Waals surface area contributed by atoms with E-state index in [2.05, 4.69) is 4.98 Å². The summed E-state index contributed by atoms with van der Waals surface area (Å²) >= 11 is 5.47. The lowest BCUT2D eigenvalue weighted by molar-refractivity contribution is 0.0168. The topological polar surface area (TPSA) is 53.4 Å². The summed E-state index contributed by atoms with van der Waals surface area (Å²) in [5.74, 6) is 0.331. The zero-order valence-corrected chi connectivity index (χ0v) is 8.78. The van der Waals surface area contributed by atoms with E-state index in [0.717, 1.165) is 5.69 Å². The summed E-state index contributed by atoms with van der Waals surface area (Å²) in [6, 6.07) is 3.55. The van der Waals surface area contributed by atoms with Gasteiger partial charge in [-0.25, -0.2) is 0 Å². The molecule has 3 nitrogen and oxygen atoms in total. The first-order chi connectivity index (χ1) is 6.65. The van der Waals surface area contributed by atoms with Gasteiger partial charge < -0.3 is 10.2 Å². The molecule has 0 aliphatic rings. The van der Waals surface area contributed by atoms with Crippen molar-refractivity contribution in [3.63, 3.8) is 0 Å². The van der Waals surface area contributed by atoms with Crippen LogP contribution in [0.15, 0.2) is 18.3 Å². The first-order valence-electron chi connectivity index (χ1n) is 4.50. The van der Waals surface area contributed by atoms with E-state index in [0.29, 0.717) is 17.9 Å². The van der Waals surface area contributed by atoms with Crippen molar-refractivity contribution >= 4 is 11.6 Å². The van der Waals surface area contributed by atoms with Gasteiger partial charge in [-0.2, -0.15) is 0 Å². The summed E-state index contributed by atoms with van der Waals surface area (Å²) in [6.07, 6.45) is 0.215. The summed E-state index contributed by atoms with van der Waals surface area (Å²) in [4.78, 5) is 4.04. The Hall–Kier alpha value is -0.640. The third kappa shape index (κ3) is 2.94. The molecule has 0 radical (unpaired) electrons. The predicted molar refractivity (Wildman–Crippen MR) is 55.3 cm³/mol. The van der Waals surface area contributed by atoms with Crippen molar-refractivity contribution in [2.24, 2.45) is 0 Å². The van der Waals surface area contributed by atoms with Crippen LogP contribution in [-0.2, 0) is 0 Å². The lowest BCUT2D eigenvalue weighted by atomic mass is 10.0. The normalized spacial score (nSPS) is 15.1. The third-order valence-corrected chi connectivity index (χ3v) is 2.26. The van der Waals surface area contributed by atoms with Crippen molar-refractivity contribution < 1.29 is 10.2 Å². The number of hydrogen-bond donors (Lipinski definition) is 2. The van der Waals surface area contributed by atoms with Crippen molar-refractivity contribution in [3.8, 4) is 0 Å². The van der Waals surface area contributed by atoms with Crippen LogP contribution in [0.1, 0.15) is 23.8 Å². The molecule has 0 bridgehead atoms. The van der Waals surface area contributed by atoms with Crippen LogP contribution in [0.5, 0.6) is 0 Å². The minimum absolute atomic E-state index is 0.331. The molecule has 0 spiro atoms. The zero-order valence-electron chi connectivity index (χ0n) is 8.02. The van der Waals surface area contributed by atoms with Crippen LogP contribution < -0.4 is 0 Å². The van der Waals surface area contributed by atoms with Gasteiger partial charge in [-0.15, -0.1) is 11.6 Å². The molecule has 1 aromatic heterocycles. The zero-order chi connectivity index (χ0) is 10.6. The summed E-state index contributed by atoms with van der Waals surface area (Å²) < 4.78 is 0. The molecular formula is C10H14ClNO2. The first kappa shape index (κ1) is 11.4. The number of aromatic nitrogens is 1. The molecule has 0 aromatic carbocycles. The van der Waals surface area contributed by atoms with Gasteiger partial charge in [-0.3, -0.25) is 4.98 Å². The van der Waals surface area contributed by atoms with E-state index in [1.807, 2.05) is 6.92 Å². The molecule has 0 saturated heterocycles. The van der Waals surface area contributed by atoms with Gasteiger partial charge in [0.15, 0.2) is 0 Å². The van der Waals surface area contributed by atoms with E-state index in [4.69, 9.17) is 11.6 Å². The second-order valence-electron chi connectivity index (χ2n) is 3.22. The number of pyridine rings is 1. The highest BCUT2D eigenvalue weighted by Gasteiger charge is 2.17. The van der Waals surface area contributed by atoms with Crippen LogP contribution in [0.2, 0.25) is 0 Å². The Morgan fingerprint density at radius 2 is 2.14 bits per heavy atom. The molecule has 1 rings (SSSR count). The van der Waals surface area contributed by atoms with Gasteiger partial charge in [0, 0.05) is 23.3 Å². The standard InChI is InChI=1S/C10H14ClNO2/c1-7-2-3-8(6-12-7)10(14)9(13)4-5-11/h2-3,6,9-10,13-14H,4-5H2,1H3. The molecule has 2 unspecified atom stereocenters. The second kappa shape index (κ2) is 5.29. The maximum absolute atomic E-state index is 9.66. The molecule has 4 heteroatoms. The van der Waals surface area contributed by atoms with Crippen molar-refractivity contribution in [3.05, 3.63) is 29.6 Å². The van der Waals surface area contributed by atoms with E-state index in [-0.39, 0.29) is 0 Å². The smallest absolute Gasteiger partial charge is 0.106 e. The average molecular weight is 216 g/mol. The van der Waals surface area contributed by atoms with Crippen molar-refractivity contribution in [2.45, 2.75) is 25.6 Å². The first-order valence-corrected chi connectivity index (χ1v) is 5.03. The fraction of sp³-hybridized carbons (Fsp3) is 0.500. The molecule has 1 heterocycles. The Bertz CT molecular complexity index is 276. The van der Waals surface area contributed by atoms with E-state index < -0.39 is 12.2 Å². The molecule has 78 valence electrons. The third-order valence-electron chi connectivity index (χ3n) is 2.05. The molecular weight excluding hydrogens is 202 g/mol. The Balaban J connectivity index is 2.68. The number of aliphatic hydroxyl groups excluding tert-OH is 2. The van der Waals surface area contributed by atoms with E-state index in [1.165, 1.54) is 0 Å². The SMILES string of the molecule is Cc1ccc(C(O)C(O)CCCl)cn1. The van der Waals surface area contributed by atoms with Gasteiger partial charge in [0.05, 0.1) is 6.10 Å². The van der Waals surface area contributed by atoms with Gasteiger partial charge in [0.2, 0.25) is 0 Å². The number of aliphatic hydroxyl groups is 2. The molecule has 0 aliphatic heterocycles. The van der Waals surface area contributed by atoms with Crippen molar-refractivity contribution in [2.75, 3.05) is 5.88 Å². The van der Waals surface area contributed by atoms with Crippen LogP contribution in [-0.4, -0.2) is 27.2 Å². The fourth-order valence-electron chi connectivity index (χ4n) is 1.15. The average Bonchev–Trinajstić information content (AvgIpc) is 2.18. The van der Waals surface area contributed by atoms with E-state index in [9.17, 15) is 10.2 Å². The number of halogens is 1. The van der Waals surface area contributed by atoms with Gasteiger partial charge in [0.25, 0.3) is 0 Å². The quantitative estimate of drug-likeness (QED) is 0.747. The van der Waals surface area contributed by atoms with Gasteiger partial charge in [-0.1, -0.05) is 6.07 Å². The van der Waals surface area contributed by atoms with Gasteiger partial charge >= 0.3 is 0 Å². The van der Waals surface area contributed by atoms with Crippen LogP contribution in [0, 0.1) is 6.92 Å². The predicted octanol–water partition coefficient (Wildman–Crippen LogP) is 1.41. The summed E-state index contributed by atoms with van der Waals surface area (Å²) in [5, 5.41) is 19.1. The number of hydrogen-bond acceptors (Lipinski definition) is 3. The minimum Gasteiger partial charge on any atom is -0.390 e. The maximum atomic E-state index is 9.66. The Kier molecular flexibility index (Phi) is 4.32. The van der Waals surface area contributed by atoms with Crippen LogP contribution >= 0.6 is 11.6 Å². The summed E-state index contributed by atoms with van der Waals surface area (Å²) in [5.41, 5.74) is 1.50. The largest absolute Gasteiger partial charge is 0.390 e. The molecule has 0 saturated carbocycles. The lowest BCUT2D eigenvalue weighted by Crippen LogP contribution is -2.18. The van der Waals surface area contributed by atoms with E-state index >= 15 is 0 Å². The van der Waals surface area contributed by atoms with Gasteiger partial charge in [0.1, 0.15) is 6.10 Å². The molecule has 0 amide bonds. The van der Waals surface area contributed by atoms with Crippen molar-refractivity contribution in [1.82, 2.24) is 4.98 Å². The lowest BCUT2D eigenvalue weighted by Gasteiger charge is -2.16. The fourth-order valence-corrected chi connectivity index (χ4v) is 1.37. The Morgan fingerprint density at radius 3 is 2.64 bits per heavy atom. The molecule has 0 fully saturated rings. The monoisotopic (exact) mass is 215 g/mol. The van der Waals surface area contributed by atoms with E-state index in [1.54, 1.807) is 18.3 Å². The number of rotatable bonds is 4. The molecule has 1 aromatic rings.